The van der Waals surface area contributed by atoms with Crippen LogP contribution in [0.4, 0.5) is 0 Å². The van der Waals surface area contributed by atoms with E-state index in [1.54, 1.807) is 0 Å². The number of rotatable bonds is 4. The molecule has 1 heteroatoms. The Morgan fingerprint density at radius 2 is 1.00 bits per heavy atom. The molecule has 0 radical (unpaired) electrons. The van der Waals surface area contributed by atoms with Crippen molar-refractivity contribution in [2.75, 3.05) is 0 Å². The van der Waals surface area contributed by atoms with E-state index >= 15 is 0 Å². The lowest BCUT2D eigenvalue weighted by Gasteiger charge is -2.39. The van der Waals surface area contributed by atoms with Gasteiger partial charge in [0.15, 0.2) is 0 Å². The maximum absolute atomic E-state index is 2.75. The Kier molecular flexibility index (Phi) is 3.72. The molecule has 1 aliphatic carbocycles. The van der Waals surface area contributed by atoms with Crippen molar-refractivity contribution in [3.63, 3.8) is 0 Å². The van der Waals surface area contributed by atoms with E-state index in [2.05, 4.69) is 120 Å². The fourth-order valence-corrected chi connectivity index (χ4v) is 5.52. The molecule has 0 spiro atoms. The highest BCUT2D eigenvalue weighted by molar-refractivity contribution is 5.55. The molecular weight excluding hydrogens is 350 g/mol. The lowest BCUT2D eigenvalue weighted by molar-refractivity contribution is 0.295. The minimum absolute atomic E-state index is 0.285. The summed E-state index contributed by atoms with van der Waals surface area (Å²) in [6.07, 6.45) is 1.13. The highest BCUT2D eigenvalue weighted by atomic mass is 15.4. The Balaban J connectivity index is 1.62. The average Bonchev–Trinajstić information content (AvgIpc) is 3.37. The summed E-state index contributed by atoms with van der Waals surface area (Å²) in [4.78, 5) is 2.75. The van der Waals surface area contributed by atoms with E-state index in [0.29, 0.717) is 12.1 Å². The molecule has 1 unspecified atom stereocenters. The zero-order chi connectivity index (χ0) is 19.3. The molecule has 140 valence electrons. The Labute approximate surface area is 172 Å². The van der Waals surface area contributed by atoms with E-state index < -0.39 is 0 Å². The monoisotopic (exact) mass is 373 g/mol. The van der Waals surface area contributed by atoms with Gasteiger partial charge in [0, 0.05) is 6.04 Å². The first-order chi connectivity index (χ1) is 14.4. The second kappa shape index (κ2) is 6.43. The van der Waals surface area contributed by atoms with Crippen LogP contribution in [0.2, 0.25) is 0 Å². The fourth-order valence-electron chi connectivity index (χ4n) is 5.52. The van der Waals surface area contributed by atoms with Gasteiger partial charge in [-0.25, -0.2) is 0 Å². The van der Waals surface area contributed by atoms with Crippen LogP contribution in [0.5, 0.6) is 0 Å². The molecule has 0 bridgehead atoms. The van der Waals surface area contributed by atoms with Crippen molar-refractivity contribution in [3.8, 4) is 0 Å². The van der Waals surface area contributed by atoms with Crippen molar-refractivity contribution < 1.29 is 0 Å². The van der Waals surface area contributed by atoms with Crippen LogP contribution in [0.15, 0.2) is 115 Å². The largest absolute Gasteiger partial charge is 0.272 e. The molecule has 0 saturated carbocycles. The first-order valence-corrected chi connectivity index (χ1v) is 10.4. The van der Waals surface area contributed by atoms with Gasteiger partial charge < -0.3 is 0 Å². The van der Waals surface area contributed by atoms with Crippen LogP contribution in [-0.2, 0) is 12.0 Å². The summed E-state index contributed by atoms with van der Waals surface area (Å²) in [7, 11) is 0. The first-order valence-electron chi connectivity index (χ1n) is 10.4. The van der Waals surface area contributed by atoms with Crippen LogP contribution in [0.25, 0.3) is 0 Å². The van der Waals surface area contributed by atoms with Crippen LogP contribution in [0.1, 0.15) is 33.9 Å². The third-order valence-electron chi connectivity index (χ3n) is 6.70. The van der Waals surface area contributed by atoms with E-state index in [-0.39, 0.29) is 5.54 Å². The van der Waals surface area contributed by atoms with Crippen LogP contribution in [0.3, 0.4) is 0 Å². The number of fused-ring (bicyclic) bond motifs is 3. The van der Waals surface area contributed by atoms with Gasteiger partial charge in [-0.05, 0) is 34.2 Å². The molecule has 0 amide bonds. The first kappa shape index (κ1) is 16.8. The van der Waals surface area contributed by atoms with E-state index in [9.17, 15) is 0 Å². The molecule has 2 aliphatic rings. The minimum Gasteiger partial charge on any atom is -0.272 e. The molecule has 1 nitrogen and oxygen atoms in total. The van der Waals surface area contributed by atoms with E-state index in [0.717, 1.165) is 6.42 Å². The average molecular weight is 373 g/mol. The number of hydrogen-bond donors (Lipinski definition) is 0. The highest BCUT2D eigenvalue weighted by Crippen LogP contribution is 2.61. The second-order valence-corrected chi connectivity index (χ2v) is 8.13. The van der Waals surface area contributed by atoms with Crippen molar-refractivity contribution in [2.45, 2.75) is 24.0 Å². The maximum atomic E-state index is 2.75. The molecule has 0 aromatic heterocycles. The van der Waals surface area contributed by atoms with Gasteiger partial charge in [-0.1, -0.05) is 115 Å². The molecule has 1 saturated heterocycles. The molecule has 1 aliphatic heterocycles. The molecule has 0 N–H and O–H groups in total. The van der Waals surface area contributed by atoms with E-state index in [4.69, 9.17) is 0 Å². The predicted octanol–water partition coefficient (Wildman–Crippen LogP) is 5.96. The van der Waals surface area contributed by atoms with Crippen molar-refractivity contribution in [1.82, 2.24) is 4.90 Å². The summed E-state index contributed by atoms with van der Waals surface area (Å²) in [5.74, 6) is 0. The van der Waals surface area contributed by atoms with Crippen LogP contribution in [-0.4, -0.2) is 10.9 Å². The molecule has 1 fully saturated rings. The molecular formula is C28H23N. The zero-order valence-electron chi connectivity index (χ0n) is 16.3. The summed E-state index contributed by atoms with van der Waals surface area (Å²) in [6, 6.07) is 43.1. The van der Waals surface area contributed by atoms with Gasteiger partial charge in [0.25, 0.3) is 0 Å². The minimum atomic E-state index is -0.285. The molecule has 3 atom stereocenters. The van der Waals surface area contributed by atoms with E-state index in [1.165, 1.54) is 27.8 Å². The maximum Gasteiger partial charge on any atom is 0.0981 e. The summed E-state index contributed by atoms with van der Waals surface area (Å²) < 4.78 is 0. The van der Waals surface area contributed by atoms with Crippen LogP contribution in [0, 0.1) is 0 Å². The SMILES string of the molecule is c1ccc(C(c2ccccc2)(c2ccccc2)N2[C@@H]3c4ccccc4C[C@@H]32)cc1. The smallest absolute Gasteiger partial charge is 0.0981 e. The lowest BCUT2D eigenvalue weighted by Crippen LogP contribution is -2.40. The summed E-state index contributed by atoms with van der Waals surface area (Å²) in [5.41, 5.74) is 6.75. The van der Waals surface area contributed by atoms with Gasteiger partial charge >= 0.3 is 0 Å². The topological polar surface area (TPSA) is 3.01 Å². The Hall–Kier alpha value is -3.16. The van der Waals surface area contributed by atoms with Gasteiger partial charge in [0.05, 0.1) is 11.6 Å². The zero-order valence-corrected chi connectivity index (χ0v) is 16.3. The standard InChI is InChI=1S/C28H23N/c1-4-13-22(14-5-1)28(23-15-6-2-7-16-23,24-17-8-3-9-18-24)29-26-20-21-12-10-11-19-25(21)27(26)29/h1-19,26-27H,20H2/t26-,27+,29?/m0/s1. The Morgan fingerprint density at radius 3 is 1.52 bits per heavy atom. The van der Waals surface area contributed by atoms with Gasteiger partial charge in [-0.15, -0.1) is 0 Å². The third kappa shape index (κ3) is 2.38. The number of nitrogens with zero attached hydrogens (tertiary/aromatic N) is 1. The summed E-state index contributed by atoms with van der Waals surface area (Å²) in [5, 5.41) is 0. The number of benzene rings is 4. The van der Waals surface area contributed by atoms with Gasteiger partial charge in [-0.2, -0.15) is 0 Å². The predicted molar refractivity (Wildman–Crippen MR) is 118 cm³/mol. The van der Waals surface area contributed by atoms with Crippen molar-refractivity contribution >= 4 is 0 Å². The molecule has 6 rings (SSSR count). The van der Waals surface area contributed by atoms with Gasteiger partial charge in [-0.3, -0.25) is 4.90 Å². The van der Waals surface area contributed by atoms with Crippen molar-refractivity contribution in [2.24, 2.45) is 0 Å². The van der Waals surface area contributed by atoms with Gasteiger partial charge in [0.2, 0.25) is 0 Å². The molecule has 4 aromatic carbocycles. The molecule has 29 heavy (non-hydrogen) atoms. The second-order valence-electron chi connectivity index (χ2n) is 8.13. The quantitative estimate of drug-likeness (QED) is 0.315. The van der Waals surface area contributed by atoms with Crippen LogP contribution >= 0.6 is 0 Å². The normalized spacial score (nSPS) is 22.0. The van der Waals surface area contributed by atoms with Crippen LogP contribution < -0.4 is 0 Å². The summed E-state index contributed by atoms with van der Waals surface area (Å²) in [6.45, 7) is 0. The molecule has 4 aromatic rings. The van der Waals surface area contributed by atoms with Crippen molar-refractivity contribution in [3.05, 3.63) is 143 Å². The Morgan fingerprint density at radius 1 is 0.552 bits per heavy atom. The number of hydrogen-bond acceptors (Lipinski definition) is 1. The fraction of sp³-hybridized carbons (Fsp3) is 0.143. The third-order valence-corrected chi connectivity index (χ3v) is 6.70. The van der Waals surface area contributed by atoms with Gasteiger partial charge in [0.1, 0.15) is 0 Å². The molecule has 1 heterocycles. The Bertz CT molecular complexity index is 1040. The van der Waals surface area contributed by atoms with Crippen molar-refractivity contribution in [1.29, 1.82) is 0 Å². The van der Waals surface area contributed by atoms with E-state index in [1.807, 2.05) is 0 Å². The summed E-state index contributed by atoms with van der Waals surface area (Å²) >= 11 is 0. The lowest BCUT2D eigenvalue weighted by atomic mass is 9.76. The highest BCUT2D eigenvalue weighted by Gasteiger charge is 2.63.